The number of carboxylic acids is 1. The van der Waals surface area contributed by atoms with Crippen LogP contribution in [0.3, 0.4) is 0 Å². The van der Waals surface area contributed by atoms with Crippen molar-refractivity contribution in [2.45, 2.75) is 38.3 Å². The van der Waals surface area contributed by atoms with Crippen molar-refractivity contribution >= 4 is 23.5 Å². The summed E-state index contributed by atoms with van der Waals surface area (Å²) in [4.78, 5) is 39.7. The van der Waals surface area contributed by atoms with Crippen molar-refractivity contribution in [2.24, 2.45) is 0 Å². The van der Waals surface area contributed by atoms with E-state index in [0.717, 1.165) is 35.3 Å². The average Bonchev–Trinajstić information content (AvgIpc) is 3.13. The van der Waals surface area contributed by atoms with Crippen LogP contribution in [0.25, 0.3) is 0 Å². The van der Waals surface area contributed by atoms with Crippen LogP contribution in [0.5, 0.6) is 0 Å². The summed E-state index contributed by atoms with van der Waals surface area (Å²) in [7, 11) is 0. The molecule has 2 amide bonds. The van der Waals surface area contributed by atoms with Gasteiger partial charge in [0.1, 0.15) is 6.04 Å². The molecule has 1 fully saturated rings. The Kier molecular flexibility index (Phi) is 4.86. The molecule has 0 aromatic heterocycles. The molecule has 0 saturated carbocycles. The summed E-state index contributed by atoms with van der Waals surface area (Å²) in [6.45, 7) is 1.04. The highest BCUT2D eigenvalue weighted by molar-refractivity contribution is 5.95. The van der Waals surface area contributed by atoms with Crippen LogP contribution in [0.1, 0.15) is 29.5 Å². The van der Waals surface area contributed by atoms with Crippen LogP contribution in [-0.2, 0) is 33.8 Å². The first kappa shape index (κ1) is 18.2. The van der Waals surface area contributed by atoms with Crippen LogP contribution in [-0.4, -0.2) is 40.4 Å². The van der Waals surface area contributed by atoms with Gasteiger partial charge in [-0.3, -0.25) is 9.59 Å². The first-order valence-corrected chi connectivity index (χ1v) is 9.51. The number of carbonyl (C=O) groups is 3. The lowest BCUT2D eigenvalue weighted by Crippen LogP contribution is -2.49. The molecule has 28 heavy (non-hydrogen) atoms. The normalized spacial score (nSPS) is 18.9. The molecule has 6 nitrogen and oxygen atoms in total. The van der Waals surface area contributed by atoms with Crippen molar-refractivity contribution in [1.82, 2.24) is 4.90 Å². The molecule has 2 heterocycles. The Hall–Kier alpha value is -3.15. The lowest BCUT2D eigenvalue weighted by molar-refractivity contribution is -0.151. The summed E-state index contributed by atoms with van der Waals surface area (Å²) < 4.78 is 0. The van der Waals surface area contributed by atoms with Gasteiger partial charge < -0.3 is 14.9 Å². The van der Waals surface area contributed by atoms with Crippen molar-refractivity contribution in [2.75, 3.05) is 11.4 Å². The average molecular weight is 378 g/mol. The van der Waals surface area contributed by atoms with Crippen LogP contribution in [0.2, 0.25) is 0 Å². The monoisotopic (exact) mass is 378 g/mol. The molecule has 1 saturated heterocycles. The van der Waals surface area contributed by atoms with Gasteiger partial charge in [0.15, 0.2) is 0 Å². The molecule has 1 atom stereocenters. The molecule has 0 spiro atoms. The number of hydrogen-bond acceptors (Lipinski definition) is 3. The second-order valence-electron chi connectivity index (χ2n) is 7.34. The van der Waals surface area contributed by atoms with E-state index in [9.17, 15) is 19.5 Å². The van der Waals surface area contributed by atoms with E-state index in [2.05, 4.69) is 0 Å². The van der Waals surface area contributed by atoms with Gasteiger partial charge in [-0.2, -0.15) is 0 Å². The van der Waals surface area contributed by atoms with Crippen LogP contribution in [0, 0.1) is 0 Å². The zero-order valence-corrected chi connectivity index (χ0v) is 15.5. The number of amides is 2. The number of anilines is 1. The SMILES string of the molecule is O=C(O)[C@H]1Cc2ccccc2CN1C(=O)Cc1ccc(N2CCCC2=O)cc1. The molecular weight excluding hydrogens is 356 g/mol. The Balaban J connectivity index is 1.49. The van der Waals surface area contributed by atoms with E-state index < -0.39 is 12.0 Å². The van der Waals surface area contributed by atoms with Crippen LogP contribution in [0.15, 0.2) is 48.5 Å². The van der Waals surface area contributed by atoms with Gasteiger partial charge in [-0.15, -0.1) is 0 Å². The summed E-state index contributed by atoms with van der Waals surface area (Å²) >= 11 is 0. The van der Waals surface area contributed by atoms with Gasteiger partial charge in [0.05, 0.1) is 6.42 Å². The number of fused-ring (bicyclic) bond motifs is 1. The largest absolute Gasteiger partial charge is 0.480 e. The topological polar surface area (TPSA) is 77.9 Å². The first-order valence-electron chi connectivity index (χ1n) is 9.51. The van der Waals surface area contributed by atoms with Gasteiger partial charge in [0.2, 0.25) is 11.8 Å². The van der Waals surface area contributed by atoms with E-state index in [4.69, 9.17) is 0 Å². The third-order valence-electron chi connectivity index (χ3n) is 5.53. The lowest BCUT2D eigenvalue weighted by Gasteiger charge is -2.34. The molecule has 2 aliphatic heterocycles. The predicted molar refractivity (Wildman–Crippen MR) is 104 cm³/mol. The quantitative estimate of drug-likeness (QED) is 0.886. The van der Waals surface area contributed by atoms with E-state index in [1.54, 1.807) is 4.90 Å². The Morgan fingerprint density at radius 1 is 1.04 bits per heavy atom. The van der Waals surface area contributed by atoms with E-state index in [0.29, 0.717) is 19.4 Å². The number of hydrogen-bond donors (Lipinski definition) is 1. The van der Waals surface area contributed by atoms with Gasteiger partial charge in [0, 0.05) is 31.6 Å². The standard InChI is InChI=1S/C22H22N2O4/c25-20-6-3-11-23(20)18-9-7-15(8-10-18)12-21(26)24-14-17-5-2-1-4-16(17)13-19(24)22(27)28/h1-2,4-5,7-10,19H,3,6,11-14H2,(H,27,28)/t19-/m1/s1. The van der Waals surface area contributed by atoms with Gasteiger partial charge >= 0.3 is 5.97 Å². The van der Waals surface area contributed by atoms with Gasteiger partial charge in [-0.25, -0.2) is 4.79 Å². The van der Waals surface area contributed by atoms with E-state index in [1.807, 2.05) is 48.5 Å². The second-order valence-corrected chi connectivity index (χ2v) is 7.34. The number of aliphatic carboxylic acids is 1. The third-order valence-corrected chi connectivity index (χ3v) is 5.53. The second kappa shape index (κ2) is 7.46. The summed E-state index contributed by atoms with van der Waals surface area (Å²) in [6.07, 6.45) is 1.91. The summed E-state index contributed by atoms with van der Waals surface area (Å²) in [5.74, 6) is -1.06. The van der Waals surface area contributed by atoms with Crippen molar-refractivity contribution in [3.05, 3.63) is 65.2 Å². The fourth-order valence-electron chi connectivity index (χ4n) is 4.00. The predicted octanol–water partition coefficient (Wildman–Crippen LogP) is 2.39. The highest BCUT2D eigenvalue weighted by Crippen LogP contribution is 2.25. The fourth-order valence-corrected chi connectivity index (χ4v) is 4.00. The number of carbonyl (C=O) groups excluding carboxylic acids is 2. The minimum absolute atomic E-state index is 0.125. The minimum Gasteiger partial charge on any atom is -0.480 e. The summed E-state index contributed by atoms with van der Waals surface area (Å²) in [5.41, 5.74) is 3.63. The molecule has 6 heteroatoms. The molecule has 2 aromatic carbocycles. The zero-order valence-electron chi connectivity index (χ0n) is 15.5. The minimum atomic E-state index is -0.981. The number of benzene rings is 2. The highest BCUT2D eigenvalue weighted by atomic mass is 16.4. The molecule has 4 rings (SSSR count). The van der Waals surface area contributed by atoms with Gasteiger partial charge in [-0.05, 0) is 35.2 Å². The fraction of sp³-hybridized carbons (Fsp3) is 0.318. The Morgan fingerprint density at radius 3 is 2.39 bits per heavy atom. The number of carboxylic acid groups (broad SMARTS) is 1. The van der Waals surface area contributed by atoms with Crippen molar-refractivity contribution in [3.63, 3.8) is 0 Å². The molecular formula is C22H22N2O4. The number of rotatable bonds is 4. The first-order chi connectivity index (χ1) is 13.5. The highest BCUT2D eigenvalue weighted by Gasteiger charge is 2.34. The Morgan fingerprint density at radius 2 is 1.75 bits per heavy atom. The molecule has 0 radical (unpaired) electrons. The molecule has 1 N–H and O–H groups in total. The Labute approximate surface area is 163 Å². The van der Waals surface area contributed by atoms with Crippen molar-refractivity contribution in [1.29, 1.82) is 0 Å². The van der Waals surface area contributed by atoms with Crippen LogP contribution >= 0.6 is 0 Å². The smallest absolute Gasteiger partial charge is 0.326 e. The summed E-state index contributed by atoms with van der Waals surface area (Å²) in [5, 5.41) is 9.60. The zero-order chi connectivity index (χ0) is 19.7. The number of nitrogens with zero attached hydrogens (tertiary/aromatic N) is 2. The van der Waals surface area contributed by atoms with Crippen LogP contribution < -0.4 is 4.90 Å². The molecule has 0 aliphatic carbocycles. The molecule has 0 bridgehead atoms. The Bertz CT molecular complexity index is 922. The summed E-state index contributed by atoms with van der Waals surface area (Å²) in [6, 6.07) is 14.2. The molecule has 144 valence electrons. The van der Waals surface area contributed by atoms with Crippen LogP contribution in [0.4, 0.5) is 5.69 Å². The molecule has 2 aromatic rings. The molecule has 0 unspecified atom stereocenters. The lowest BCUT2D eigenvalue weighted by atomic mass is 9.93. The van der Waals surface area contributed by atoms with E-state index >= 15 is 0 Å². The van der Waals surface area contributed by atoms with Gasteiger partial charge in [0.25, 0.3) is 0 Å². The maximum Gasteiger partial charge on any atom is 0.326 e. The maximum absolute atomic E-state index is 12.9. The molecule has 2 aliphatic rings. The van der Waals surface area contributed by atoms with Crippen molar-refractivity contribution < 1.29 is 19.5 Å². The van der Waals surface area contributed by atoms with E-state index in [1.165, 1.54) is 4.90 Å². The van der Waals surface area contributed by atoms with Crippen molar-refractivity contribution in [3.8, 4) is 0 Å². The van der Waals surface area contributed by atoms with E-state index in [-0.39, 0.29) is 18.2 Å². The third kappa shape index (κ3) is 3.50. The van der Waals surface area contributed by atoms with Gasteiger partial charge in [-0.1, -0.05) is 36.4 Å². The maximum atomic E-state index is 12.9.